The number of rotatable bonds is 3. The summed E-state index contributed by atoms with van der Waals surface area (Å²) in [7, 11) is 0. The van der Waals surface area contributed by atoms with Crippen LogP contribution in [0.25, 0.3) is 0 Å². The first-order valence-electron chi connectivity index (χ1n) is 7.72. The minimum atomic E-state index is -0.801. The van der Waals surface area contributed by atoms with Crippen LogP contribution in [-0.4, -0.2) is 34.1 Å². The molecule has 0 aliphatic carbocycles. The molecule has 120 valence electrons. The summed E-state index contributed by atoms with van der Waals surface area (Å²) in [6, 6.07) is 19.2. The number of hydrogen-bond acceptors (Lipinski definition) is 3. The van der Waals surface area contributed by atoms with Crippen LogP contribution in [0.15, 0.2) is 65.6 Å². The van der Waals surface area contributed by atoms with Crippen LogP contribution in [0.3, 0.4) is 0 Å². The van der Waals surface area contributed by atoms with E-state index in [0.717, 1.165) is 10.6 Å². The van der Waals surface area contributed by atoms with Crippen molar-refractivity contribution in [2.24, 2.45) is 0 Å². The molecule has 0 atom stereocenters. The van der Waals surface area contributed by atoms with Gasteiger partial charge in [-0.2, -0.15) is 0 Å². The number of hydrogen-bond donors (Lipinski definition) is 2. The van der Waals surface area contributed by atoms with Gasteiger partial charge in [-0.05, 0) is 24.3 Å². The first-order chi connectivity index (χ1) is 11.1. The number of nitrogens with one attached hydrogen (secondary N) is 1. The van der Waals surface area contributed by atoms with Gasteiger partial charge in [-0.3, -0.25) is 0 Å². The van der Waals surface area contributed by atoms with Crippen molar-refractivity contribution in [3.63, 3.8) is 0 Å². The van der Waals surface area contributed by atoms with E-state index in [-0.39, 0.29) is 6.03 Å². The van der Waals surface area contributed by atoms with E-state index in [1.807, 2.05) is 60.7 Å². The molecule has 1 saturated heterocycles. The van der Waals surface area contributed by atoms with Crippen molar-refractivity contribution in [2.45, 2.75) is 22.7 Å². The first-order valence-corrected chi connectivity index (χ1v) is 8.54. The van der Waals surface area contributed by atoms with E-state index in [2.05, 4.69) is 5.32 Å². The lowest BCUT2D eigenvalue weighted by atomic mass is 10.1. The number of carbonyl (C=O) groups is 1. The van der Waals surface area contributed by atoms with Crippen LogP contribution in [0.1, 0.15) is 12.8 Å². The molecule has 0 unspecified atom stereocenters. The molecule has 0 radical (unpaired) electrons. The van der Waals surface area contributed by atoms with E-state index in [9.17, 15) is 9.90 Å². The second-order valence-corrected chi connectivity index (χ2v) is 7.08. The third-order valence-corrected chi connectivity index (χ3v) is 5.20. The van der Waals surface area contributed by atoms with E-state index < -0.39 is 4.93 Å². The summed E-state index contributed by atoms with van der Waals surface area (Å²) >= 11 is 1.48. The number of anilines is 1. The van der Waals surface area contributed by atoms with Crippen molar-refractivity contribution in [3.8, 4) is 0 Å². The van der Waals surface area contributed by atoms with Crippen LogP contribution in [0.2, 0.25) is 0 Å². The van der Waals surface area contributed by atoms with Crippen LogP contribution in [-0.2, 0) is 0 Å². The first kappa shape index (κ1) is 15.9. The topological polar surface area (TPSA) is 52.6 Å². The Morgan fingerprint density at radius 2 is 1.57 bits per heavy atom. The zero-order valence-electron chi connectivity index (χ0n) is 12.8. The number of thioether (sulfide) groups is 1. The van der Waals surface area contributed by atoms with Gasteiger partial charge in [0.2, 0.25) is 0 Å². The van der Waals surface area contributed by atoms with Gasteiger partial charge in [0, 0.05) is 36.5 Å². The largest absolute Gasteiger partial charge is 0.379 e. The maximum Gasteiger partial charge on any atom is 0.321 e. The zero-order chi connectivity index (χ0) is 16.1. The molecule has 1 aliphatic heterocycles. The molecule has 0 saturated carbocycles. The summed E-state index contributed by atoms with van der Waals surface area (Å²) in [4.78, 5) is 14.3. The molecule has 1 fully saturated rings. The summed E-state index contributed by atoms with van der Waals surface area (Å²) in [5.74, 6) is 0. The van der Waals surface area contributed by atoms with Crippen molar-refractivity contribution < 1.29 is 9.90 Å². The lowest BCUT2D eigenvalue weighted by Gasteiger charge is -2.37. The van der Waals surface area contributed by atoms with Gasteiger partial charge in [0.15, 0.2) is 0 Å². The van der Waals surface area contributed by atoms with Crippen molar-refractivity contribution in [1.29, 1.82) is 0 Å². The predicted octanol–water partition coefficient (Wildman–Crippen LogP) is 3.80. The van der Waals surface area contributed by atoms with Gasteiger partial charge < -0.3 is 15.3 Å². The second-order valence-electron chi connectivity index (χ2n) is 5.64. The molecule has 2 aromatic carbocycles. The minimum absolute atomic E-state index is 0.108. The Bertz CT molecular complexity index is 641. The normalized spacial score (nSPS) is 16.8. The SMILES string of the molecule is O=C(Nc1ccccc1)N1CCC(O)(Sc2ccccc2)CC1. The third kappa shape index (κ3) is 4.27. The lowest BCUT2D eigenvalue weighted by Crippen LogP contribution is -2.46. The number of carbonyl (C=O) groups excluding carboxylic acids is 1. The quantitative estimate of drug-likeness (QED) is 0.843. The number of nitrogens with zero attached hydrogens (tertiary/aromatic N) is 1. The van der Waals surface area contributed by atoms with E-state index in [1.165, 1.54) is 11.8 Å². The number of para-hydroxylation sites is 1. The summed E-state index contributed by atoms with van der Waals surface area (Å²) in [6.07, 6.45) is 1.13. The highest BCUT2D eigenvalue weighted by atomic mass is 32.2. The van der Waals surface area contributed by atoms with Crippen molar-refractivity contribution >= 4 is 23.5 Å². The molecule has 3 rings (SSSR count). The molecule has 5 heteroatoms. The fourth-order valence-corrected chi connectivity index (χ4v) is 3.71. The summed E-state index contributed by atoms with van der Waals surface area (Å²) in [5.41, 5.74) is 0.789. The molecule has 1 heterocycles. The van der Waals surface area contributed by atoms with Gasteiger partial charge in [-0.25, -0.2) is 4.79 Å². The number of benzene rings is 2. The molecular weight excluding hydrogens is 308 g/mol. The maximum atomic E-state index is 12.3. The van der Waals surface area contributed by atoms with Crippen molar-refractivity contribution in [1.82, 2.24) is 4.90 Å². The predicted molar refractivity (Wildman–Crippen MR) is 93.5 cm³/mol. The van der Waals surface area contributed by atoms with Gasteiger partial charge in [0.25, 0.3) is 0 Å². The Morgan fingerprint density at radius 1 is 1.00 bits per heavy atom. The fourth-order valence-electron chi connectivity index (χ4n) is 2.59. The van der Waals surface area contributed by atoms with Crippen LogP contribution >= 0.6 is 11.8 Å². The zero-order valence-corrected chi connectivity index (χ0v) is 13.6. The van der Waals surface area contributed by atoms with Gasteiger partial charge >= 0.3 is 6.03 Å². The van der Waals surface area contributed by atoms with E-state index in [1.54, 1.807) is 4.90 Å². The minimum Gasteiger partial charge on any atom is -0.379 e. The number of piperidine rings is 1. The maximum absolute atomic E-state index is 12.3. The Hall–Kier alpha value is -1.98. The highest BCUT2D eigenvalue weighted by Crippen LogP contribution is 2.38. The van der Waals surface area contributed by atoms with Crippen LogP contribution in [0.4, 0.5) is 10.5 Å². The molecule has 2 N–H and O–H groups in total. The van der Waals surface area contributed by atoms with Crippen LogP contribution < -0.4 is 5.32 Å². The summed E-state index contributed by atoms with van der Waals surface area (Å²) < 4.78 is 0. The molecule has 1 aliphatic rings. The number of aliphatic hydroxyl groups is 1. The average Bonchev–Trinajstić information content (AvgIpc) is 2.57. The number of likely N-dealkylation sites (tertiary alicyclic amines) is 1. The monoisotopic (exact) mass is 328 g/mol. The highest BCUT2D eigenvalue weighted by Gasteiger charge is 2.34. The van der Waals surface area contributed by atoms with Gasteiger partial charge in [-0.1, -0.05) is 48.2 Å². The highest BCUT2D eigenvalue weighted by molar-refractivity contribution is 8.00. The average molecular weight is 328 g/mol. The molecule has 23 heavy (non-hydrogen) atoms. The second kappa shape index (κ2) is 7.06. The molecule has 4 nitrogen and oxygen atoms in total. The molecule has 0 aromatic heterocycles. The van der Waals surface area contributed by atoms with Gasteiger partial charge in [0.05, 0.1) is 0 Å². The Labute approximate surface area is 140 Å². The standard InChI is InChI=1S/C18H20N2O2S/c21-17(19-15-7-3-1-4-8-15)20-13-11-18(22,12-14-20)23-16-9-5-2-6-10-16/h1-10,22H,11-14H2,(H,19,21). The third-order valence-electron chi connectivity index (χ3n) is 3.91. The smallest absolute Gasteiger partial charge is 0.321 e. The summed E-state index contributed by atoms with van der Waals surface area (Å²) in [6.45, 7) is 1.10. The number of urea groups is 1. The fraction of sp³-hybridized carbons (Fsp3) is 0.278. The van der Waals surface area contributed by atoms with Crippen LogP contribution in [0.5, 0.6) is 0 Å². The van der Waals surface area contributed by atoms with E-state index >= 15 is 0 Å². The molecule has 2 aromatic rings. The van der Waals surface area contributed by atoms with Crippen LogP contribution in [0, 0.1) is 0 Å². The summed E-state index contributed by atoms with van der Waals surface area (Å²) in [5, 5.41) is 13.6. The van der Waals surface area contributed by atoms with E-state index in [0.29, 0.717) is 25.9 Å². The van der Waals surface area contributed by atoms with Crippen molar-refractivity contribution in [2.75, 3.05) is 18.4 Å². The molecular formula is C18H20N2O2S. The Balaban J connectivity index is 1.54. The van der Waals surface area contributed by atoms with Crippen molar-refractivity contribution in [3.05, 3.63) is 60.7 Å². The Morgan fingerprint density at radius 3 is 2.17 bits per heavy atom. The molecule has 0 bridgehead atoms. The van der Waals surface area contributed by atoms with Gasteiger partial charge in [0.1, 0.15) is 4.93 Å². The molecule has 2 amide bonds. The molecule has 0 spiro atoms. The number of amides is 2. The van der Waals surface area contributed by atoms with Gasteiger partial charge in [-0.15, -0.1) is 0 Å². The lowest BCUT2D eigenvalue weighted by molar-refractivity contribution is 0.0683. The Kier molecular flexibility index (Phi) is 4.88. The van der Waals surface area contributed by atoms with E-state index in [4.69, 9.17) is 0 Å².